The molecule has 29 heavy (non-hydrogen) atoms. The molecule has 4 rings (SSSR count). The molecule has 0 saturated carbocycles. The molecule has 1 atom stereocenters. The first-order valence-corrected chi connectivity index (χ1v) is 8.22. The zero-order chi connectivity index (χ0) is 20.7. The Labute approximate surface area is 162 Å². The van der Waals surface area contributed by atoms with Crippen molar-refractivity contribution >= 4 is 23.2 Å². The third-order valence-electron chi connectivity index (χ3n) is 4.22. The van der Waals surface area contributed by atoms with Crippen LogP contribution in [0.4, 0.5) is 11.4 Å². The molecule has 1 amide bonds. The molecule has 0 spiro atoms. The Hall–Kier alpha value is -4.22. The van der Waals surface area contributed by atoms with Gasteiger partial charge in [0.2, 0.25) is 24.8 Å². The molecule has 0 fully saturated rings. The lowest BCUT2D eigenvalue weighted by Gasteiger charge is -2.19. The summed E-state index contributed by atoms with van der Waals surface area (Å²) in [6.45, 7) is 1.34. The van der Waals surface area contributed by atoms with Crippen LogP contribution in [0, 0.1) is 20.2 Å². The maximum Gasteiger partial charge on any atom is 0.277 e. The summed E-state index contributed by atoms with van der Waals surface area (Å²) in [5.74, 6) is 0.392. The Kier molecular flexibility index (Phi) is 4.22. The predicted molar refractivity (Wildman–Crippen MR) is 95.2 cm³/mol. The van der Waals surface area contributed by atoms with Gasteiger partial charge in [0.15, 0.2) is 11.5 Å². The van der Waals surface area contributed by atoms with E-state index in [2.05, 4.69) is 5.10 Å². The number of hydrazone groups is 1. The van der Waals surface area contributed by atoms with E-state index in [0.29, 0.717) is 17.1 Å². The van der Waals surface area contributed by atoms with E-state index < -0.39 is 33.4 Å². The lowest BCUT2D eigenvalue weighted by molar-refractivity contribution is -0.394. The SMILES string of the molecule is CC(=O)N1N=C(c2cc([N+](=O)[O-])cc([N+](=O)[O-])c2)O[C@@H]1c1ccc2c(c1)OCO2. The van der Waals surface area contributed by atoms with Gasteiger partial charge in [0.05, 0.1) is 21.5 Å². The van der Waals surface area contributed by atoms with Gasteiger partial charge in [-0.2, -0.15) is 5.01 Å². The summed E-state index contributed by atoms with van der Waals surface area (Å²) in [5, 5.41) is 27.4. The number of nitrogens with zero attached hydrogens (tertiary/aromatic N) is 4. The molecule has 2 aromatic carbocycles. The van der Waals surface area contributed by atoms with Crippen LogP contribution in [0.5, 0.6) is 11.5 Å². The van der Waals surface area contributed by atoms with E-state index in [1.165, 1.54) is 6.92 Å². The number of non-ortho nitro benzene ring substituents is 2. The molecule has 0 aromatic heterocycles. The van der Waals surface area contributed by atoms with Gasteiger partial charge in [-0.25, -0.2) is 0 Å². The molecule has 12 heteroatoms. The highest BCUT2D eigenvalue weighted by molar-refractivity contribution is 5.97. The number of fused-ring (bicyclic) bond motifs is 1. The number of ether oxygens (including phenoxy) is 3. The van der Waals surface area contributed by atoms with E-state index in [1.807, 2.05) is 0 Å². The first kappa shape index (κ1) is 18.2. The average molecular weight is 400 g/mol. The second kappa shape index (κ2) is 6.74. The molecule has 2 heterocycles. The van der Waals surface area contributed by atoms with Crippen LogP contribution in [0.25, 0.3) is 0 Å². The average Bonchev–Trinajstić information content (AvgIpc) is 3.34. The van der Waals surface area contributed by atoms with Gasteiger partial charge >= 0.3 is 0 Å². The number of hydrogen-bond acceptors (Lipinski definition) is 9. The summed E-state index contributed by atoms with van der Waals surface area (Å²) < 4.78 is 16.3. The summed E-state index contributed by atoms with van der Waals surface area (Å²) in [7, 11) is 0. The Balaban J connectivity index is 1.73. The first-order valence-electron chi connectivity index (χ1n) is 8.22. The second-order valence-electron chi connectivity index (χ2n) is 6.10. The highest BCUT2D eigenvalue weighted by Crippen LogP contribution is 2.38. The summed E-state index contributed by atoms with van der Waals surface area (Å²) in [5.41, 5.74) is -0.480. The highest BCUT2D eigenvalue weighted by atomic mass is 16.7. The van der Waals surface area contributed by atoms with Crippen LogP contribution >= 0.6 is 0 Å². The lowest BCUT2D eigenvalue weighted by Crippen LogP contribution is -2.25. The molecule has 2 aliphatic heterocycles. The third kappa shape index (κ3) is 3.26. The van der Waals surface area contributed by atoms with E-state index >= 15 is 0 Å². The molecule has 2 aromatic rings. The van der Waals surface area contributed by atoms with Crippen LogP contribution in [0.1, 0.15) is 24.3 Å². The Morgan fingerprint density at radius 1 is 1.07 bits per heavy atom. The molecule has 0 radical (unpaired) electrons. The quantitative estimate of drug-likeness (QED) is 0.562. The molecule has 12 nitrogen and oxygen atoms in total. The highest BCUT2D eigenvalue weighted by Gasteiger charge is 2.35. The Morgan fingerprint density at radius 3 is 2.34 bits per heavy atom. The van der Waals surface area contributed by atoms with Gasteiger partial charge in [-0.15, -0.1) is 5.10 Å². The summed E-state index contributed by atoms with van der Waals surface area (Å²) in [6, 6.07) is 7.94. The maximum absolute atomic E-state index is 12.1. The van der Waals surface area contributed by atoms with E-state index in [0.717, 1.165) is 23.2 Å². The zero-order valence-electron chi connectivity index (χ0n) is 14.8. The number of rotatable bonds is 4. The molecule has 0 saturated heterocycles. The predicted octanol–water partition coefficient (Wildman–Crippen LogP) is 2.47. The van der Waals surface area contributed by atoms with E-state index in [4.69, 9.17) is 14.2 Å². The molecule has 0 aliphatic carbocycles. The van der Waals surface area contributed by atoms with Gasteiger partial charge in [0.25, 0.3) is 11.4 Å². The molecule has 0 N–H and O–H groups in total. The normalized spacial score (nSPS) is 16.9. The summed E-state index contributed by atoms with van der Waals surface area (Å²) in [6.07, 6.45) is -0.977. The number of carbonyl (C=O) groups excluding carboxylic acids is 1. The standard InChI is InChI=1S/C17H12N4O8/c1-9(22)19-17(10-2-3-14-15(6-10)28-8-27-14)29-16(18-19)11-4-12(20(23)24)7-13(5-11)21(25)26/h2-7,17H,8H2,1H3/t17-/m1/s1. The molecule has 0 bridgehead atoms. The monoisotopic (exact) mass is 400 g/mol. The molecule has 0 unspecified atom stereocenters. The van der Waals surface area contributed by atoms with E-state index in [1.54, 1.807) is 18.2 Å². The van der Waals surface area contributed by atoms with Crippen LogP contribution in [-0.4, -0.2) is 33.5 Å². The van der Waals surface area contributed by atoms with Crippen molar-refractivity contribution in [3.8, 4) is 11.5 Å². The van der Waals surface area contributed by atoms with Crippen LogP contribution in [0.2, 0.25) is 0 Å². The minimum atomic E-state index is -0.977. The van der Waals surface area contributed by atoms with Crippen molar-refractivity contribution in [1.29, 1.82) is 0 Å². The van der Waals surface area contributed by atoms with Crippen LogP contribution in [0.15, 0.2) is 41.5 Å². The van der Waals surface area contributed by atoms with Gasteiger partial charge in [0, 0.05) is 24.6 Å². The number of nitro groups is 2. The topological polar surface area (TPSA) is 147 Å². The van der Waals surface area contributed by atoms with Crippen LogP contribution in [0.3, 0.4) is 0 Å². The molecular formula is C17H12N4O8. The number of hydrogen-bond donors (Lipinski definition) is 0. The van der Waals surface area contributed by atoms with Crippen molar-refractivity contribution in [2.45, 2.75) is 13.2 Å². The molecule has 148 valence electrons. The smallest absolute Gasteiger partial charge is 0.277 e. The van der Waals surface area contributed by atoms with Gasteiger partial charge < -0.3 is 14.2 Å². The maximum atomic E-state index is 12.1. The largest absolute Gasteiger partial charge is 0.454 e. The summed E-state index contributed by atoms with van der Waals surface area (Å²) >= 11 is 0. The second-order valence-corrected chi connectivity index (χ2v) is 6.10. The minimum Gasteiger partial charge on any atom is -0.454 e. The van der Waals surface area contributed by atoms with Gasteiger partial charge in [-0.05, 0) is 18.2 Å². The van der Waals surface area contributed by atoms with Gasteiger partial charge in [-0.1, -0.05) is 0 Å². The fourth-order valence-corrected chi connectivity index (χ4v) is 2.90. The van der Waals surface area contributed by atoms with Crippen molar-refractivity contribution in [3.05, 3.63) is 67.8 Å². The fourth-order valence-electron chi connectivity index (χ4n) is 2.90. The summed E-state index contributed by atoms with van der Waals surface area (Å²) in [4.78, 5) is 32.8. The Bertz CT molecular complexity index is 1050. The third-order valence-corrected chi connectivity index (χ3v) is 4.22. The number of nitro benzene ring substituents is 2. The van der Waals surface area contributed by atoms with Crippen molar-refractivity contribution < 1.29 is 28.9 Å². The molecule has 2 aliphatic rings. The van der Waals surface area contributed by atoms with Crippen molar-refractivity contribution in [2.24, 2.45) is 5.10 Å². The fraction of sp³-hybridized carbons (Fsp3) is 0.176. The minimum absolute atomic E-state index is 0.000364. The first-order chi connectivity index (χ1) is 13.8. The zero-order valence-corrected chi connectivity index (χ0v) is 14.8. The van der Waals surface area contributed by atoms with Crippen LogP contribution in [-0.2, 0) is 9.53 Å². The van der Waals surface area contributed by atoms with E-state index in [-0.39, 0.29) is 18.3 Å². The van der Waals surface area contributed by atoms with Crippen molar-refractivity contribution in [2.75, 3.05) is 6.79 Å². The number of benzene rings is 2. The van der Waals surface area contributed by atoms with Crippen LogP contribution < -0.4 is 9.47 Å². The van der Waals surface area contributed by atoms with E-state index in [9.17, 15) is 25.0 Å². The Morgan fingerprint density at radius 2 is 1.72 bits per heavy atom. The van der Waals surface area contributed by atoms with Gasteiger partial charge in [-0.3, -0.25) is 25.0 Å². The lowest BCUT2D eigenvalue weighted by atomic mass is 10.1. The van der Waals surface area contributed by atoms with Crippen molar-refractivity contribution in [3.63, 3.8) is 0 Å². The van der Waals surface area contributed by atoms with Gasteiger partial charge in [0.1, 0.15) is 0 Å². The number of amides is 1. The molecular weight excluding hydrogens is 388 g/mol. The number of carbonyl (C=O) groups is 1. The van der Waals surface area contributed by atoms with Crippen molar-refractivity contribution in [1.82, 2.24) is 5.01 Å².